The van der Waals surface area contributed by atoms with Crippen molar-refractivity contribution in [1.29, 1.82) is 0 Å². The van der Waals surface area contributed by atoms with E-state index in [1.807, 2.05) is 13.8 Å². The van der Waals surface area contributed by atoms with Crippen molar-refractivity contribution >= 4 is 23.7 Å². The van der Waals surface area contributed by atoms with Crippen molar-refractivity contribution < 1.29 is 24.3 Å². The number of carbonyl (C=O) groups is 4. The molecule has 0 aliphatic rings. The zero-order valence-electron chi connectivity index (χ0n) is 19.6. The van der Waals surface area contributed by atoms with Gasteiger partial charge >= 0.3 is 5.97 Å². The number of nitrogens with one attached hydrogen (secondary N) is 3. The van der Waals surface area contributed by atoms with E-state index in [-0.39, 0.29) is 12.3 Å². The summed E-state index contributed by atoms with van der Waals surface area (Å²) in [5, 5.41) is 17.0. The van der Waals surface area contributed by atoms with E-state index >= 15 is 0 Å². The predicted octanol–water partition coefficient (Wildman–Crippen LogP) is -0.823. The summed E-state index contributed by atoms with van der Waals surface area (Å²) in [5.41, 5.74) is 16.8. The lowest BCUT2D eigenvalue weighted by atomic mass is 9.97. The highest BCUT2D eigenvalue weighted by atomic mass is 16.4. The van der Waals surface area contributed by atoms with Crippen LogP contribution in [0.2, 0.25) is 0 Å². The molecule has 0 aliphatic heterocycles. The zero-order chi connectivity index (χ0) is 24.7. The number of unbranched alkanes of at least 4 members (excludes halogenated alkanes) is 2. The molecule has 0 aromatic rings. The molecule has 11 heteroatoms. The molecule has 0 aromatic carbocycles. The SMILES string of the molecule is CCC(C)C(NC(=O)C(N)CCCCN)C(=O)NC(C)C(=O)NC(CCCCN)C(=O)O. The maximum absolute atomic E-state index is 12.8. The molecule has 0 saturated carbocycles. The Kier molecular flexibility index (Phi) is 15.3. The van der Waals surface area contributed by atoms with Gasteiger partial charge in [0.25, 0.3) is 0 Å². The van der Waals surface area contributed by atoms with Crippen molar-refractivity contribution in [2.24, 2.45) is 23.1 Å². The fraction of sp³-hybridized carbons (Fsp3) is 0.810. The molecule has 0 radical (unpaired) electrons. The van der Waals surface area contributed by atoms with Gasteiger partial charge < -0.3 is 38.3 Å². The number of carbonyl (C=O) groups excluding carboxylic acids is 3. The fourth-order valence-electron chi connectivity index (χ4n) is 3.02. The van der Waals surface area contributed by atoms with Crippen LogP contribution in [0.3, 0.4) is 0 Å². The summed E-state index contributed by atoms with van der Waals surface area (Å²) < 4.78 is 0. The standard InChI is InChI=1S/C21H42N6O5/c1-4-13(2)17(27-19(29)15(24)9-5-7-11-22)20(30)25-14(3)18(28)26-16(21(31)32)10-6-8-12-23/h13-17H,4-12,22-24H2,1-3H3,(H,25,30)(H,26,28)(H,27,29)(H,31,32). The third-order valence-electron chi connectivity index (χ3n) is 5.41. The Morgan fingerprint density at radius 1 is 0.812 bits per heavy atom. The van der Waals surface area contributed by atoms with Crippen LogP contribution in [0, 0.1) is 5.92 Å². The van der Waals surface area contributed by atoms with Gasteiger partial charge in [0.2, 0.25) is 17.7 Å². The first-order valence-electron chi connectivity index (χ1n) is 11.4. The molecule has 0 fully saturated rings. The molecule has 10 N–H and O–H groups in total. The molecule has 5 atom stereocenters. The normalized spacial score (nSPS) is 15.7. The first-order valence-corrected chi connectivity index (χ1v) is 11.4. The largest absolute Gasteiger partial charge is 0.480 e. The Hall–Kier alpha value is -2.24. The minimum absolute atomic E-state index is 0.200. The first-order chi connectivity index (χ1) is 15.1. The minimum atomic E-state index is -1.15. The van der Waals surface area contributed by atoms with Crippen LogP contribution in [0.1, 0.15) is 65.7 Å². The molecule has 0 saturated heterocycles. The lowest BCUT2D eigenvalue weighted by molar-refractivity contribution is -0.142. The van der Waals surface area contributed by atoms with Crippen LogP contribution in [0.25, 0.3) is 0 Å². The van der Waals surface area contributed by atoms with Gasteiger partial charge in [0.05, 0.1) is 6.04 Å². The molecule has 0 rings (SSSR count). The van der Waals surface area contributed by atoms with Crippen molar-refractivity contribution in [3.63, 3.8) is 0 Å². The summed E-state index contributed by atoms with van der Waals surface area (Å²) in [5.74, 6) is -2.94. The summed E-state index contributed by atoms with van der Waals surface area (Å²) >= 11 is 0. The quantitative estimate of drug-likeness (QED) is 0.137. The molecule has 0 aliphatic carbocycles. The monoisotopic (exact) mass is 458 g/mol. The molecule has 0 aromatic heterocycles. The number of carboxylic acid groups (broad SMARTS) is 1. The Bertz CT molecular complexity index is 603. The molecule has 0 heterocycles. The predicted molar refractivity (Wildman–Crippen MR) is 122 cm³/mol. The van der Waals surface area contributed by atoms with Gasteiger partial charge in [-0.3, -0.25) is 14.4 Å². The van der Waals surface area contributed by atoms with E-state index in [4.69, 9.17) is 17.2 Å². The van der Waals surface area contributed by atoms with Crippen molar-refractivity contribution in [2.75, 3.05) is 13.1 Å². The second kappa shape index (κ2) is 16.4. The number of rotatable bonds is 17. The highest BCUT2D eigenvalue weighted by molar-refractivity contribution is 5.94. The van der Waals surface area contributed by atoms with E-state index in [1.54, 1.807) is 0 Å². The van der Waals surface area contributed by atoms with Crippen molar-refractivity contribution in [3.05, 3.63) is 0 Å². The van der Waals surface area contributed by atoms with E-state index in [2.05, 4.69) is 16.0 Å². The molecular weight excluding hydrogens is 416 g/mol. The average molecular weight is 459 g/mol. The number of amides is 3. The molecule has 5 unspecified atom stereocenters. The average Bonchev–Trinajstić information content (AvgIpc) is 2.75. The highest BCUT2D eigenvalue weighted by Crippen LogP contribution is 2.10. The van der Waals surface area contributed by atoms with E-state index in [0.29, 0.717) is 45.2 Å². The number of nitrogens with two attached hydrogens (primary N) is 3. The minimum Gasteiger partial charge on any atom is -0.480 e. The van der Waals surface area contributed by atoms with Gasteiger partial charge in [-0.1, -0.05) is 26.7 Å². The zero-order valence-corrected chi connectivity index (χ0v) is 19.6. The van der Waals surface area contributed by atoms with Gasteiger partial charge in [-0.15, -0.1) is 0 Å². The summed E-state index contributed by atoms with van der Waals surface area (Å²) in [6.07, 6.45) is 3.98. The first kappa shape index (κ1) is 29.8. The number of carboxylic acids is 1. The number of aliphatic carboxylic acids is 1. The maximum atomic E-state index is 12.8. The smallest absolute Gasteiger partial charge is 0.326 e. The van der Waals surface area contributed by atoms with Crippen LogP contribution in [0.15, 0.2) is 0 Å². The molecule has 3 amide bonds. The third-order valence-corrected chi connectivity index (χ3v) is 5.41. The van der Waals surface area contributed by atoms with E-state index in [9.17, 15) is 24.3 Å². The molecule has 32 heavy (non-hydrogen) atoms. The topological polar surface area (TPSA) is 203 Å². The lowest BCUT2D eigenvalue weighted by Gasteiger charge is -2.27. The van der Waals surface area contributed by atoms with Crippen LogP contribution in [0.5, 0.6) is 0 Å². The molecular formula is C21H42N6O5. The Morgan fingerprint density at radius 3 is 1.88 bits per heavy atom. The van der Waals surface area contributed by atoms with Crippen molar-refractivity contribution in [1.82, 2.24) is 16.0 Å². The fourth-order valence-corrected chi connectivity index (χ4v) is 3.02. The van der Waals surface area contributed by atoms with E-state index in [1.165, 1.54) is 6.92 Å². The second-order valence-electron chi connectivity index (χ2n) is 8.18. The highest BCUT2D eigenvalue weighted by Gasteiger charge is 2.30. The van der Waals surface area contributed by atoms with Crippen LogP contribution < -0.4 is 33.2 Å². The molecule has 186 valence electrons. The van der Waals surface area contributed by atoms with Crippen LogP contribution >= 0.6 is 0 Å². The Balaban J connectivity index is 4.99. The van der Waals surface area contributed by atoms with E-state index < -0.39 is 47.9 Å². The van der Waals surface area contributed by atoms with Gasteiger partial charge in [0.1, 0.15) is 18.1 Å². The van der Waals surface area contributed by atoms with Gasteiger partial charge in [0, 0.05) is 0 Å². The number of hydrogen-bond acceptors (Lipinski definition) is 7. The molecule has 0 spiro atoms. The van der Waals surface area contributed by atoms with Gasteiger partial charge in [-0.25, -0.2) is 4.79 Å². The molecule has 11 nitrogen and oxygen atoms in total. The third kappa shape index (κ3) is 11.4. The lowest BCUT2D eigenvalue weighted by Crippen LogP contribution is -2.58. The van der Waals surface area contributed by atoms with Crippen LogP contribution in [0.4, 0.5) is 0 Å². The Labute approximate surface area is 190 Å². The van der Waals surface area contributed by atoms with Crippen molar-refractivity contribution in [2.45, 2.75) is 89.9 Å². The summed E-state index contributed by atoms with van der Waals surface area (Å²) in [7, 11) is 0. The Morgan fingerprint density at radius 2 is 1.38 bits per heavy atom. The van der Waals surface area contributed by atoms with Gasteiger partial charge in [0.15, 0.2) is 0 Å². The van der Waals surface area contributed by atoms with Crippen LogP contribution in [-0.2, 0) is 19.2 Å². The summed E-state index contributed by atoms with van der Waals surface area (Å²) in [6, 6.07) is -3.68. The van der Waals surface area contributed by atoms with Crippen LogP contribution in [-0.4, -0.2) is 66.1 Å². The van der Waals surface area contributed by atoms with E-state index in [0.717, 1.165) is 6.42 Å². The molecule has 0 bridgehead atoms. The number of hydrogen-bond donors (Lipinski definition) is 7. The second-order valence-corrected chi connectivity index (χ2v) is 8.18. The van der Waals surface area contributed by atoms with Crippen molar-refractivity contribution in [3.8, 4) is 0 Å². The van der Waals surface area contributed by atoms with Gasteiger partial charge in [-0.05, 0) is 58.0 Å². The maximum Gasteiger partial charge on any atom is 0.326 e. The van der Waals surface area contributed by atoms with Gasteiger partial charge in [-0.2, -0.15) is 0 Å². The summed E-state index contributed by atoms with van der Waals surface area (Å²) in [6.45, 7) is 6.11. The summed E-state index contributed by atoms with van der Waals surface area (Å²) in [4.78, 5) is 49.1.